The second kappa shape index (κ2) is 6.78. The van der Waals surface area contributed by atoms with Gasteiger partial charge in [0.1, 0.15) is 5.75 Å². The molecule has 1 saturated carbocycles. The van der Waals surface area contributed by atoms with Crippen molar-refractivity contribution in [3.8, 4) is 5.75 Å². The van der Waals surface area contributed by atoms with E-state index < -0.39 is 5.97 Å². The van der Waals surface area contributed by atoms with Crippen LogP contribution in [0.3, 0.4) is 0 Å². The molecule has 1 aromatic carbocycles. The van der Waals surface area contributed by atoms with Gasteiger partial charge in [-0.05, 0) is 55.2 Å². The highest BCUT2D eigenvalue weighted by Crippen LogP contribution is 2.37. The molecule has 3 heteroatoms. The summed E-state index contributed by atoms with van der Waals surface area (Å²) >= 11 is 0. The van der Waals surface area contributed by atoms with Crippen LogP contribution in [-0.2, 0) is 11.2 Å². The van der Waals surface area contributed by atoms with E-state index in [0.717, 1.165) is 37.9 Å². The minimum absolute atomic E-state index is 0.191. The van der Waals surface area contributed by atoms with Crippen molar-refractivity contribution in [2.24, 2.45) is 17.8 Å². The zero-order valence-corrected chi connectivity index (χ0v) is 12.3. The van der Waals surface area contributed by atoms with E-state index in [2.05, 4.69) is 13.0 Å². The molecule has 3 atom stereocenters. The summed E-state index contributed by atoms with van der Waals surface area (Å²) in [5, 5.41) is 9.42. The van der Waals surface area contributed by atoms with Gasteiger partial charge in [-0.2, -0.15) is 0 Å². The largest absolute Gasteiger partial charge is 0.497 e. The normalized spacial score (nSPS) is 26.2. The predicted molar refractivity (Wildman–Crippen MR) is 78.9 cm³/mol. The van der Waals surface area contributed by atoms with Gasteiger partial charge in [-0.1, -0.05) is 25.5 Å². The number of hydrogen-bond donors (Lipinski definition) is 1. The number of ether oxygens (including phenoxy) is 1. The molecule has 1 fully saturated rings. The summed E-state index contributed by atoms with van der Waals surface area (Å²) in [6.45, 7) is 2.20. The van der Waals surface area contributed by atoms with E-state index >= 15 is 0 Å². The lowest BCUT2D eigenvalue weighted by molar-refractivity contribution is -0.145. The first kappa shape index (κ1) is 14.9. The van der Waals surface area contributed by atoms with Gasteiger partial charge in [0.25, 0.3) is 0 Å². The van der Waals surface area contributed by atoms with Crippen LogP contribution < -0.4 is 4.74 Å². The van der Waals surface area contributed by atoms with Gasteiger partial charge in [0.15, 0.2) is 0 Å². The molecule has 0 radical (unpaired) electrons. The summed E-state index contributed by atoms with van der Waals surface area (Å²) in [4.78, 5) is 11.4. The lowest BCUT2D eigenvalue weighted by Crippen LogP contribution is -2.31. The van der Waals surface area contributed by atoms with Crippen molar-refractivity contribution in [3.05, 3.63) is 29.8 Å². The van der Waals surface area contributed by atoms with Crippen molar-refractivity contribution in [2.45, 2.75) is 39.0 Å². The molecule has 2 rings (SSSR count). The molecule has 1 aromatic rings. The molecule has 1 aliphatic rings. The van der Waals surface area contributed by atoms with Gasteiger partial charge in [0.05, 0.1) is 13.0 Å². The third-order valence-corrected chi connectivity index (χ3v) is 4.62. The van der Waals surface area contributed by atoms with E-state index in [0.29, 0.717) is 5.92 Å². The quantitative estimate of drug-likeness (QED) is 0.890. The maximum absolute atomic E-state index is 11.4. The average Bonchev–Trinajstić information content (AvgIpc) is 2.47. The smallest absolute Gasteiger partial charge is 0.306 e. The molecule has 110 valence electrons. The van der Waals surface area contributed by atoms with Crippen LogP contribution >= 0.6 is 0 Å². The summed E-state index contributed by atoms with van der Waals surface area (Å²) in [5.74, 6) is 0.952. The second-order valence-corrected chi connectivity index (χ2v) is 5.85. The fraction of sp³-hybridized carbons (Fsp3) is 0.588. The van der Waals surface area contributed by atoms with Crippen LogP contribution in [0.5, 0.6) is 5.75 Å². The van der Waals surface area contributed by atoms with E-state index in [1.807, 2.05) is 18.2 Å². The summed E-state index contributed by atoms with van der Waals surface area (Å²) < 4.78 is 5.24. The molecule has 0 amide bonds. The van der Waals surface area contributed by atoms with Crippen LogP contribution in [0.4, 0.5) is 0 Å². The third-order valence-electron chi connectivity index (χ3n) is 4.62. The minimum Gasteiger partial charge on any atom is -0.497 e. The standard InChI is InChI=1S/C17H24O3/c1-3-12-7-8-16(17(18)19)14(9-12)10-13-5-4-6-15(11-13)20-2/h4-6,11-12,14,16H,3,7-10H2,1-2H3,(H,18,19). The Labute approximate surface area is 121 Å². The third kappa shape index (κ3) is 3.53. The lowest BCUT2D eigenvalue weighted by Gasteiger charge is -2.33. The number of benzene rings is 1. The first-order valence-electron chi connectivity index (χ1n) is 7.49. The van der Waals surface area contributed by atoms with Gasteiger partial charge in [0, 0.05) is 0 Å². The predicted octanol–water partition coefficient (Wildman–Crippen LogP) is 3.76. The highest BCUT2D eigenvalue weighted by molar-refractivity contribution is 5.70. The Morgan fingerprint density at radius 1 is 1.40 bits per heavy atom. The summed E-state index contributed by atoms with van der Waals surface area (Å²) in [5.41, 5.74) is 1.18. The van der Waals surface area contributed by atoms with Gasteiger partial charge in [-0.25, -0.2) is 0 Å². The molecule has 3 unspecified atom stereocenters. The van der Waals surface area contributed by atoms with Gasteiger partial charge >= 0.3 is 5.97 Å². The summed E-state index contributed by atoms with van der Waals surface area (Å²) in [6.07, 6.45) is 4.90. The summed E-state index contributed by atoms with van der Waals surface area (Å²) in [7, 11) is 1.66. The number of methoxy groups -OCH3 is 1. The maximum atomic E-state index is 11.4. The van der Waals surface area contributed by atoms with Gasteiger partial charge in [0.2, 0.25) is 0 Å². The molecule has 1 aliphatic carbocycles. The molecule has 0 heterocycles. The molecule has 0 aromatic heterocycles. The van der Waals surface area contributed by atoms with Gasteiger partial charge < -0.3 is 9.84 Å². The fourth-order valence-electron chi connectivity index (χ4n) is 3.38. The van der Waals surface area contributed by atoms with Crippen molar-refractivity contribution in [2.75, 3.05) is 7.11 Å². The number of rotatable bonds is 5. The second-order valence-electron chi connectivity index (χ2n) is 5.85. The Balaban J connectivity index is 2.11. The SMILES string of the molecule is CCC1CCC(C(=O)O)C(Cc2cccc(OC)c2)C1. The van der Waals surface area contributed by atoms with E-state index in [1.165, 1.54) is 5.56 Å². The first-order chi connectivity index (χ1) is 9.63. The van der Waals surface area contributed by atoms with Crippen LogP contribution in [0.25, 0.3) is 0 Å². The monoisotopic (exact) mass is 276 g/mol. The Morgan fingerprint density at radius 2 is 2.20 bits per heavy atom. The van der Waals surface area contributed by atoms with Crippen LogP contribution in [0, 0.1) is 17.8 Å². The van der Waals surface area contributed by atoms with Crippen LogP contribution in [0.15, 0.2) is 24.3 Å². The lowest BCUT2D eigenvalue weighted by atomic mass is 9.71. The van der Waals surface area contributed by atoms with E-state index in [9.17, 15) is 9.90 Å². The number of carbonyl (C=O) groups is 1. The van der Waals surface area contributed by atoms with E-state index in [-0.39, 0.29) is 11.8 Å². The highest BCUT2D eigenvalue weighted by Gasteiger charge is 2.34. The number of aliphatic carboxylic acids is 1. The highest BCUT2D eigenvalue weighted by atomic mass is 16.5. The zero-order chi connectivity index (χ0) is 14.5. The molecule has 0 saturated heterocycles. The fourth-order valence-corrected chi connectivity index (χ4v) is 3.38. The van der Waals surface area contributed by atoms with Crippen LogP contribution in [0.2, 0.25) is 0 Å². The number of hydrogen-bond acceptors (Lipinski definition) is 2. The number of carboxylic acids is 1. The number of carboxylic acid groups (broad SMARTS) is 1. The Hall–Kier alpha value is -1.51. The minimum atomic E-state index is -0.632. The maximum Gasteiger partial charge on any atom is 0.306 e. The molecule has 0 spiro atoms. The van der Waals surface area contributed by atoms with Crippen molar-refractivity contribution < 1.29 is 14.6 Å². The average molecular weight is 276 g/mol. The van der Waals surface area contributed by atoms with Crippen molar-refractivity contribution >= 4 is 5.97 Å². The van der Waals surface area contributed by atoms with Crippen LogP contribution in [-0.4, -0.2) is 18.2 Å². The molecule has 20 heavy (non-hydrogen) atoms. The molecule has 1 N–H and O–H groups in total. The topological polar surface area (TPSA) is 46.5 Å². The van der Waals surface area contributed by atoms with Crippen LogP contribution in [0.1, 0.15) is 38.2 Å². The van der Waals surface area contributed by atoms with E-state index in [1.54, 1.807) is 7.11 Å². The molecular formula is C17H24O3. The van der Waals surface area contributed by atoms with Crippen molar-refractivity contribution in [3.63, 3.8) is 0 Å². The molecule has 0 bridgehead atoms. The zero-order valence-electron chi connectivity index (χ0n) is 12.3. The molecule has 0 aliphatic heterocycles. The first-order valence-corrected chi connectivity index (χ1v) is 7.49. The Kier molecular flexibility index (Phi) is 5.05. The molecular weight excluding hydrogens is 252 g/mol. The van der Waals surface area contributed by atoms with Crippen molar-refractivity contribution in [1.29, 1.82) is 0 Å². The Morgan fingerprint density at radius 3 is 2.85 bits per heavy atom. The Bertz CT molecular complexity index is 455. The van der Waals surface area contributed by atoms with Crippen molar-refractivity contribution in [1.82, 2.24) is 0 Å². The van der Waals surface area contributed by atoms with Gasteiger partial charge in [-0.3, -0.25) is 4.79 Å². The van der Waals surface area contributed by atoms with Gasteiger partial charge in [-0.15, -0.1) is 0 Å². The molecule has 3 nitrogen and oxygen atoms in total. The summed E-state index contributed by atoms with van der Waals surface area (Å²) in [6, 6.07) is 7.99. The van der Waals surface area contributed by atoms with E-state index in [4.69, 9.17) is 4.74 Å².